The molecule has 5 heteroatoms. The van der Waals surface area contributed by atoms with E-state index in [0.29, 0.717) is 6.61 Å². The van der Waals surface area contributed by atoms with Crippen molar-refractivity contribution in [2.24, 2.45) is 0 Å². The second kappa shape index (κ2) is 5.43. The fourth-order valence-electron chi connectivity index (χ4n) is 2.46. The number of aromatic amines is 1. The van der Waals surface area contributed by atoms with Crippen LogP contribution in [0.15, 0.2) is 23.4 Å². The number of imidazole rings is 1. The Morgan fingerprint density at radius 3 is 3.11 bits per heavy atom. The summed E-state index contributed by atoms with van der Waals surface area (Å²) >= 11 is 1.65. The van der Waals surface area contributed by atoms with E-state index in [1.54, 1.807) is 11.8 Å². The van der Waals surface area contributed by atoms with Gasteiger partial charge in [0.05, 0.1) is 23.7 Å². The number of aromatic nitrogens is 2. The Hall–Kier alpha value is -1.20. The van der Waals surface area contributed by atoms with E-state index < -0.39 is 0 Å². The lowest BCUT2D eigenvalue weighted by molar-refractivity contribution is 0.188. The Bertz CT molecular complexity index is 570. The Morgan fingerprint density at radius 2 is 2.37 bits per heavy atom. The number of hydrogen-bond acceptors (Lipinski definition) is 4. The van der Waals surface area contributed by atoms with Crippen LogP contribution in [0.5, 0.6) is 5.75 Å². The first kappa shape index (κ1) is 12.8. The summed E-state index contributed by atoms with van der Waals surface area (Å²) in [5.41, 5.74) is 1.93. The maximum absolute atomic E-state index is 9.86. The van der Waals surface area contributed by atoms with Crippen LogP contribution in [-0.4, -0.2) is 33.0 Å². The predicted molar refractivity (Wildman–Crippen MR) is 76.8 cm³/mol. The molecule has 3 rings (SSSR count). The van der Waals surface area contributed by atoms with Gasteiger partial charge in [0.15, 0.2) is 5.16 Å². The summed E-state index contributed by atoms with van der Waals surface area (Å²) in [5.74, 6) is 0.858. The Balaban J connectivity index is 1.80. The van der Waals surface area contributed by atoms with Gasteiger partial charge in [-0.1, -0.05) is 11.8 Å². The average Bonchev–Trinajstić information content (AvgIpc) is 2.96. The van der Waals surface area contributed by atoms with Crippen LogP contribution in [0.2, 0.25) is 0 Å². The molecule has 0 saturated heterocycles. The topological polar surface area (TPSA) is 58.1 Å². The van der Waals surface area contributed by atoms with Gasteiger partial charge in [-0.2, -0.15) is 0 Å². The molecule has 0 spiro atoms. The molecule has 0 amide bonds. The van der Waals surface area contributed by atoms with Crippen molar-refractivity contribution in [3.05, 3.63) is 18.2 Å². The van der Waals surface area contributed by atoms with Crippen molar-refractivity contribution in [3.63, 3.8) is 0 Å². The molecule has 102 valence electrons. The summed E-state index contributed by atoms with van der Waals surface area (Å²) in [6.45, 7) is 2.63. The maximum atomic E-state index is 9.86. The normalized spacial score (nSPS) is 23.1. The van der Waals surface area contributed by atoms with Crippen molar-refractivity contribution in [2.45, 2.75) is 42.7 Å². The summed E-state index contributed by atoms with van der Waals surface area (Å²) in [5, 5.41) is 11.0. The zero-order valence-corrected chi connectivity index (χ0v) is 11.7. The van der Waals surface area contributed by atoms with Crippen LogP contribution >= 0.6 is 11.8 Å². The van der Waals surface area contributed by atoms with Gasteiger partial charge in [0.2, 0.25) is 0 Å². The number of ether oxygens (including phenoxy) is 1. The van der Waals surface area contributed by atoms with E-state index in [1.807, 2.05) is 25.1 Å². The van der Waals surface area contributed by atoms with Gasteiger partial charge in [0, 0.05) is 11.3 Å². The summed E-state index contributed by atoms with van der Waals surface area (Å²) in [7, 11) is 0. The van der Waals surface area contributed by atoms with Crippen molar-refractivity contribution in [3.8, 4) is 5.75 Å². The first-order chi connectivity index (χ1) is 9.26. The summed E-state index contributed by atoms with van der Waals surface area (Å²) in [6.07, 6.45) is 2.88. The molecule has 0 radical (unpaired) electrons. The SMILES string of the molecule is CCOc1ccc2nc(SC3CCCC3O)[nH]c2c1. The Morgan fingerprint density at radius 1 is 1.47 bits per heavy atom. The minimum atomic E-state index is -0.197. The van der Waals surface area contributed by atoms with Gasteiger partial charge < -0.3 is 14.8 Å². The number of aliphatic hydroxyl groups excluding tert-OH is 1. The molecule has 2 aromatic rings. The van der Waals surface area contributed by atoms with Crippen LogP contribution in [0.25, 0.3) is 11.0 Å². The minimum Gasteiger partial charge on any atom is -0.494 e. The molecule has 0 aliphatic heterocycles. The van der Waals surface area contributed by atoms with Gasteiger partial charge >= 0.3 is 0 Å². The molecule has 1 saturated carbocycles. The molecule has 19 heavy (non-hydrogen) atoms. The molecular weight excluding hydrogens is 260 g/mol. The van der Waals surface area contributed by atoms with E-state index >= 15 is 0 Å². The lowest BCUT2D eigenvalue weighted by atomic mass is 10.3. The van der Waals surface area contributed by atoms with Gasteiger partial charge in [-0.15, -0.1) is 0 Å². The highest BCUT2D eigenvalue weighted by Gasteiger charge is 2.27. The first-order valence-electron chi connectivity index (χ1n) is 6.73. The molecule has 0 bridgehead atoms. The van der Waals surface area contributed by atoms with E-state index in [2.05, 4.69) is 9.97 Å². The molecule has 1 fully saturated rings. The summed E-state index contributed by atoms with van der Waals surface area (Å²) in [6, 6.07) is 5.87. The van der Waals surface area contributed by atoms with Gasteiger partial charge in [0.25, 0.3) is 0 Å². The third-order valence-corrected chi connectivity index (χ3v) is 4.69. The number of aliphatic hydroxyl groups is 1. The molecule has 2 unspecified atom stereocenters. The van der Waals surface area contributed by atoms with Crippen LogP contribution in [-0.2, 0) is 0 Å². The monoisotopic (exact) mass is 278 g/mol. The number of nitrogens with zero attached hydrogens (tertiary/aromatic N) is 1. The lowest BCUT2D eigenvalue weighted by Gasteiger charge is -2.11. The van der Waals surface area contributed by atoms with Gasteiger partial charge in [-0.3, -0.25) is 0 Å². The highest BCUT2D eigenvalue weighted by atomic mass is 32.2. The second-order valence-corrected chi connectivity index (χ2v) is 6.04. The lowest BCUT2D eigenvalue weighted by Crippen LogP contribution is -2.15. The van der Waals surface area contributed by atoms with Crippen molar-refractivity contribution < 1.29 is 9.84 Å². The number of rotatable bonds is 4. The largest absolute Gasteiger partial charge is 0.494 e. The van der Waals surface area contributed by atoms with E-state index in [1.165, 1.54) is 0 Å². The average molecular weight is 278 g/mol. The van der Waals surface area contributed by atoms with E-state index in [9.17, 15) is 5.11 Å². The highest BCUT2D eigenvalue weighted by Crippen LogP contribution is 2.34. The number of thioether (sulfide) groups is 1. The maximum Gasteiger partial charge on any atom is 0.166 e. The smallest absolute Gasteiger partial charge is 0.166 e. The number of fused-ring (bicyclic) bond motifs is 1. The summed E-state index contributed by atoms with van der Waals surface area (Å²) in [4.78, 5) is 7.86. The third kappa shape index (κ3) is 2.72. The van der Waals surface area contributed by atoms with Crippen LogP contribution in [0.1, 0.15) is 26.2 Å². The van der Waals surface area contributed by atoms with Crippen LogP contribution in [0.3, 0.4) is 0 Å². The molecule has 1 heterocycles. The van der Waals surface area contributed by atoms with E-state index in [-0.39, 0.29) is 11.4 Å². The fraction of sp³-hybridized carbons (Fsp3) is 0.500. The minimum absolute atomic E-state index is 0.197. The van der Waals surface area contributed by atoms with Crippen LogP contribution in [0.4, 0.5) is 0 Å². The quantitative estimate of drug-likeness (QED) is 0.902. The van der Waals surface area contributed by atoms with Gasteiger partial charge in [-0.05, 0) is 38.3 Å². The molecular formula is C14H18N2O2S. The number of nitrogens with one attached hydrogen (secondary N) is 1. The van der Waals surface area contributed by atoms with E-state index in [0.717, 1.165) is 41.2 Å². The van der Waals surface area contributed by atoms with Crippen molar-refractivity contribution >= 4 is 22.8 Å². The van der Waals surface area contributed by atoms with Crippen molar-refractivity contribution in [2.75, 3.05) is 6.61 Å². The second-order valence-electron chi connectivity index (χ2n) is 4.81. The summed E-state index contributed by atoms with van der Waals surface area (Å²) < 4.78 is 5.48. The van der Waals surface area contributed by atoms with Crippen molar-refractivity contribution in [1.82, 2.24) is 9.97 Å². The fourth-order valence-corrected chi connectivity index (χ4v) is 3.65. The molecule has 1 aliphatic rings. The van der Waals surface area contributed by atoms with Crippen molar-refractivity contribution in [1.29, 1.82) is 0 Å². The van der Waals surface area contributed by atoms with Gasteiger partial charge in [-0.25, -0.2) is 4.98 Å². The zero-order chi connectivity index (χ0) is 13.2. The third-order valence-electron chi connectivity index (χ3n) is 3.42. The first-order valence-corrected chi connectivity index (χ1v) is 7.61. The molecule has 1 aromatic carbocycles. The molecule has 1 aliphatic carbocycles. The zero-order valence-electron chi connectivity index (χ0n) is 10.9. The number of benzene rings is 1. The van der Waals surface area contributed by atoms with E-state index in [4.69, 9.17) is 4.74 Å². The number of hydrogen-bond donors (Lipinski definition) is 2. The van der Waals surface area contributed by atoms with Crippen LogP contribution in [0, 0.1) is 0 Å². The molecule has 4 nitrogen and oxygen atoms in total. The Kier molecular flexibility index (Phi) is 3.66. The number of H-pyrrole nitrogens is 1. The molecule has 2 N–H and O–H groups in total. The van der Waals surface area contributed by atoms with Crippen LogP contribution < -0.4 is 4.74 Å². The Labute approximate surface area is 116 Å². The van der Waals surface area contributed by atoms with Gasteiger partial charge in [0.1, 0.15) is 5.75 Å². The molecule has 2 atom stereocenters. The predicted octanol–water partition coefficient (Wildman–Crippen LogP) is 2.97. The standard InChI is InChI=1S/C14H18N2O2S/c1-2-18-9-6-7-10-11(8-9)16-14(15-10)19-13-5-3-4-12(13)17/h6-8,12-13,17H,2-5H2,1H3,(H,15,16). The highest BCUT2D eigenvalue weighted by molar-refractivity contribution is 7.99. The molecule has 1 aromatic heterocycles.